The molecule has 0 spiro atoms. The predicted molar refractivity (Wildman–Crippen MR) is 74.2 cm³/mol. The second-order valence-corrected chi connectivity index (χ2v) is 5.14. The van der Waals surface area contributed by atoms with Crippen LogP contribution < -0.4 is 5.56 Å². The van der Waals surface area contributed by atoms with Crippen LogP contribution in [0.25, 0.3) is 0 Å². The van der Waals surface area contributed by atoms with Crippen molar-refractivity contribution in [1.82, 2.24) is 4.57 Å². The number of halogens is 4. The van der Waals surface area contributed by atoms with E-state index in [0.717, 1.165) is 10.6 Å². The first kappa shape index (κ1) is 15.5. The van der Waals surface area contributed by atoms with Crippen LogP contribution in [-0.2, 0) is 12.7 Å². The van der Waals surface area contributed by atoms with Crippen LogP contribution in [0.5, 0.6) is 0 Å². The Morgan fingerprint density at radius 2 is 1.81 bits per heavy atom. The van der Waals surface area contributed by atoms with Gasteiger partial charge in [0.2, 0.25) is 0 Å². The summed E-state index contributed by atoms with van der Waals surface area (Å²) in [4.78, 5) is 23.7. The first-order valence-electron chi connectivity index (χ1n) is 5.84. The third-order valence-electron chi connectivity index (χ3n) is 2.80. The molecule has 110 valence electrons. The second kappa shape index (κ2) is 5.85. The van der Waals surface area contributed by atoms with Crippen LogP contribution in [-0.4, -0.2) is 10.4 Å². The van der Waals surface area contributed by atoms with Gasteiger partial charge in [-0.25, -0.2) is 0 Å². The highest BCUT2D eigenvalue weighted by Gasteiger charge is 2.31. The molecule has 0 radical (unpaired) electrons. The van der Waals surface area contributed by atoms with Crippen molar-refractivity contribution in [3.63, 3.8) is 0 Å². The van der Waals surface area contributed by atoms with Gasteiger partial charge in [-0.3, -0.25) is 9.59 Å². The number of nitrogens with zero attached hydrogens (tertiary/aromatic N) is 1. The molecule has 21 heavy (non-hydrogen) atoms. The monoisotopic (exact) mass is 359 g/mol. The van der Waals surface area contributed by atoms with Gasteiger partial charge in [-0.15, -0.1) is 0 Å². The quantitative estimate of drug-likeness (QED) is 0.786. The Morgan fingerprint density at radius 3 is 2.43 bits per heavy atom. The Morgan fingerprint density at radius 1 is 1.14 bits per heavy atom. The Bertz CT molecular complexity index is 737. The lowest BCUT2D eigenvalue weighted by atomic mass is 10.1. The molecular formula is C14H9BrF3NO2. The molecule has 0 saturated carbocycles. The third kappa shape index (κ3) is 3.60. The number of alkyl halides is 3. The molecule has 2 aromatic rings. The maximum Gasteiger partial charge on any atom is 0.417 e. The third-order valence-corrected chi connectivity index (χ3v) is 3.49. The van der Waals surface area contributed by atoms with E-state index in [1.807, 2.05) is 0 Å². The van der Waals surface area contributed by atoms with Crippen molar-refractivity contribution in [1.29, 1.82) is 0 Å². The molecule has 3 nitrogen and oxygen atoms in total. The summed E-state index contributed by atoms with van der Waals surface area (Å²) >= 11 is 3.19. The van der Waals surface area contributed by atoms with Crippen molar-refractivity contribution >= 4 is 21.7 Å². The Labute approximate surface area is 126 Å². The van der Waals surface area contributed by atoms with Gasteiger partial charge in [0.15, 0.2) is 5.78 Å². The summed E-state index contributed by atoms with van der Waals surface area (Å²) in [6, 6.07) is 8.01. The summed E-state index contributed by atoms with van der Waals surface area (Å²) in [6.07, 6.45) is -3.91. The highest BCUT2D eigenvalue weighted by atomic mass is 79.9. The number of carbonyl (C=O) groups is 1. The number of carbonyl (C=O) groups excluding carboxylic acids is 1. The summed E-state index contributed by atoms with van der Waals surface area (Å²) in [5.41, 5.74) is -1.33. The van der Waals surface area contributed by atoms with Crippen LogP contribution in [0.4, 0.5) is 13.2 Å². The maximum atomic E-state index is 12.6. The summed E-state index contributed by atoms with van der Waals surface area (Å²) in [6.45, 7) is -0.453. The zero-order chi connectivity index (χ0) is 15.6. The van der Waals surface area contributed by atoms with Crippen LogP contribution in [0.15, 0.2) is 51.9 Å². The highest BCUT2D eigenvalue weighted by molar-refractivity contribution is 9.10. The van der Waals surface area contributed by atoms with Crippen LogP contribution in [0.1, 0.15) is 15.9 Å². The van der Waals surface area contributed by atoms with E-state index in [4.69, 9.17) is 0 Å². The van der Waals surface area contributed by atoms with Gasteiger partial charge < -0.3 is 4.57 Å². The Hall–Kier alpha value is -1.89. The fourth-order valence-corrected chi connectivity index (χ4v) is 2.26. The maximum absolute atomic E-state index is 12.6. The molecule has 0 amide bonds. The molecule has 0 aliphatic carbocycles. The molecule has 1 aromatic heterocycles. The van der Waals surface area contributed by atoms with E-state index < -0.39 is 29.6 Å². The van der Waals surface area contributed by atoms with Crippen molar-refractivity contribution < 1.29 is 18.0 Å². The Kier molecular flexibility index (Phi) is 4.32. The number of Topliss-reactive ketones (excluding diaryl/α,β-unsaturated/α-hetero) is 1. The molecule has 0 bridgehead atoms. The lowest BCUT2D eigenvalue weighted by molar-refractivity contribution is -0.138. The minimum absolute atomic E-state index is 0.307. The summed E-state index contributed by atoms with van der Waals surface area (Å²) in [5.74, 6) is -0.455. The molecule has 0 aliphatic rings. The van der Waals surface area contributed by atoms with Gasteiger partial charge in [0, 0.05) is 22.3 Å². The smallest absolute Gasteiger partial charge is 0.307 e. The summed E-state index contributed by atoms with van der Waals surface area (Å²) in [7, 11) is 0. The van der Waals surface area contributed by atoms with E-state index in [1.54, 1.807) is 18.2 Å². The summed E-state index contributed by atoms with van der Waals surface area (Å²) < 4.78 is 39.1. The van der Waals surface area contributed by atoms with Gasteiger partial charge in [0.25, 0.3) is 5.56 Å². The van der Waals surface area contributed by atoms with Crippen molar-refractivity contribution in [2.75, 3.05) is 0 Å². The zero-order valence-electron chi connectivity index (χ0n) is 10.5. The second-order valence-electron chi connectivity index (χ2n) is 4.28. The average Bonchev–Trinajstić information content (AvgIpc) is 2.40. The average molecular weight is 360 g/mol. The first-order chi connectivity index (χ1) is 9.79. The van der Waals surface area contributed by atoms with E-state index in [0.29, 0.717) is 22.3 Å². The van der Waals surface area contributed by atoms with Crippen LogP contribution in [0.2, 0.25) is 0 Å². The van der Waals surface area contributed by atoms with Crippen molar-refractivity contribution in [2.45, 2.75) is 12.7 Å². The fourth-order valence-electron chi connectivity index (χ4n) is 1.75. The molecular weight excluding hydrogens is 351 g/mol. The minimum Gasteiger partial charge on any atom is -0.307 e. The number of benzene rings is 1. The Balaban J connectivity index is 2.34. The minimum atomic E-state index is -4.56. The van der Waals surface area contributed by atoms with Crippen LogP contribution in [0.3, 0.4) is 0 Å². The van der Waals surface area contributed by atoms with E-state index in [-0.39, 0.29) is 0 Å². The van der Waals surface area contributed by atoms with Gasteiger partial charge in [0.1, 0.15) is 0 Å². The number of rotatable bonds is 3. The van der Waals surface area contributed by atoms with Crippen LogP contribution >= 0.6 is 15.9 Å². The van der Waals surface area contributed by atoms with E-state index >= 15 is 0 Å². The topological polar surface area (TPSA) is 39.1 Å². The summed E-state index contributed by atoms with van der Waals surface area (Å²) in [5, 5.41) is 0. The molecule has 0 unspecified atom stereocenters. The number of pyridine rings is 1. The van der Waals surface area contributed by atoms with Crippen molar-refractivity contribution in [2.24, 2.45) is 0 Å². The van der Waals surface area contributed by atoms with Gasteiger partial charge >= 0.3 is 6.18 Å². The van der Waals surface area contributed by atoms with Crippen LogP contribution in [0, 0.1) is 0 Å². The van der Waals surface area contributed by atoms with E-state index in [1.165, 1.54) is 6.07 Å². The zero-order valence-corrected chi connectivity index (χ0v) is 12.1. The number of hydrogen-bond donors (Lipinski definition) is 0. The molecule has 1 heterocycles. The standard InChI is InChI=1S/C14H9BrF3NO2/c15-11-4-2-1-3-10(11)12(20)8-19-7-9(14(16,17)18)5-6-13(19)21/h1-7H,8H2. The molecule has 7 heteroatoms. The van der Waals surface area contributed by atoms with Gasteiger partial charge in [-0.05, 0) is 12.1 Å². The van der Waals surface area contributed by atoms with Crippen molar-refractivity contribution in [3.05, 3.63) is 68.5 Å². The number of aromatic nitrogens is 1. The highest BCUT2D eigenvalue weighted by Crippen LogP contribution is 2.28. The molecule has 0 fully saturated rings. The molecule has 0 N–H and O–H groups in total. The normalized spacial score (nSPS) is 11.4. The molecule has 0 atom stereocenters. The number of ketones is 1. The molecule has 2 rings (SSSR count). The predicted octanol–water partition coefficient (Wildman–Crippen LogP) is 3.51. The largest absolute Gasteiger partial charge is 0.417 e. The van der Waals surface area contributed by atoms with Gasteiger partial charge in [-0.1, -0.05) is 34.1 Å². The molecule has 1 aromatic carbocycles. The van der Waals surface area contributed by atoms with Gasteiger partial charge in [-0.2, -0.15) is 13.2 Å². The first-order valence-corrected chi connectivity index (χ1v) is 6.64. The van der Waals surface area contributed by atoms with Gasteiger partial charge in [0.05, 0.1) is 12.1 Å². The van der Waals surface area contributed by atoms with E-state index in [2.05, 4.69) is 15.9 Å². The number of hydrogen-bond acceptors (Lipinski definition) is 2. The lowest BCUT2D eigenvalue weighted by Crippen LogP contribution is -2.25. The SMILES string of the molecule is O=C(Cn1cc(C(F)(F)F)ccc1=O)c1ccccc1Br. The molecule has 0 aliphatic heterocycles. The lowest BCUT2D eigenvalue weighted by Gasteiger charge is -2.10. The van der Waals surface area contributed by atoms with Crippen molar-refractivity contribution in [3.8, 4) is 0 Å². The fraction of sp³-hybridized carbons (Fsp3) is 0.143. The molecule has 0 saturated heterocycles. The van der Waals surface area contributed by atoms with E-state index in [9.17, 15) is 22.8 Å².